The standard InChI is InChI=1S/C40H40N4O6S/c1-43(29-15-19-31(49-3)20-16-29)39(47)33(25-27-11-7-5-8-12-27)41-37(45)35-23-24-36(51-35)38(46)42-34(26-28-13-9-6-10-14-28)40(48)44(2)30-17-21-32(50-4)22-18-30/h5-24,33-34H,25-26H2,1-4H3,(H,41,45)(H,42,46)/t33-,34-/m0/s1. The molecule has 2 atom stereocenters. The van der Waals surface area contributed by atoms with Crippen LogP contribution in [-0.2, 0) is 22.4 Å². The molecule has 2 N–H and O–H groups in total. The average Bonchev–Trinajstić information content (AvgIpc) is 3.68. The van der Waals surface area contributed by atoms with Gasteiger partial charge >= 0.3 is 0 Å². The Hall–Kier alpha value is -5.94. The number of nitrogens with one attached hydrogen (secondary N) is 2. The first-order chi connectivity index (χ1) is 24.7. The molecule has 0 unspecified atom stereocenters. The fraction of sp³-hybridized carbons (Fsp3) is 0.200. The number of hydrogen-bond acceptors (Lipinski definition) is 7. The second-order valence-corrected chi connectivity index (χ2v) is 12.9. The summed E-state index contributed by atoms with van der Waals surface area (Å²) in [4.78, 5) is 58.3. The number of rotatable bonds is 14. The molecular weight excluding hydrogens is 665 g/mol. The molecule has 0 radical (unpaired) electrons. The molecule has 0 spiro atoms. The van der Waals surface area contributed by atoms with E-state index in [1.54, 1.807) is 89.0 Å². The number of likely N-dealkylation sites (N-methyl/N-ethyl adjacent to an activating group) is 2. The minimum absolute atomic E-state index is 0.249. The van der Waals surface area contributed by atoms with Crippen molar-refractivity contribution < 1.29 is 28.7 Å². The molecule has 1 heterocycles. The van der Waals surface area contributed by atoms with Gasteiger partial charge in [-0.15, -0.1) is 11.3 Å². The van der Waals surface area contributed by atoms with Crippen LogP contribution in [0.15, 0.2) is 121 Å². The van der Waals surface area contributed by atoms with Crippen LogP contribution in [0.4, 0.5) is 11.4 Å². The summed E-state index contributed by atoms with van der Waals surface area (Å²) in [6.07, 6.45) is 0.519. The van der Waals surface area contributed by atoms with Gasteiger partial charge in [-0.25, -0.2) is 0 Å². The molecule has 1 aromatic heterocycles. The first kappa shape index (κ1) is 36.3. The van der Waals surface area contributed by atoms with Crippen molar-refractivity contribution in [3.63, 3.8) is 0 Å². The smallest absolute Gasteiger partial charge is 0.262 e. The molecule has 4 amide bonds. The van der Waals surface area contributed by atoms with Gasteiger partial charge in [0.25, 0.3) is 11.8 Å². The summed E-state index contributed by atoms with van der Waals surface area (Å²) in [5.41, 5.74) is 3.03. The Kier molecular flexibility index (Phi) is 12.2. The predicted molar refractivity (Wildman–Crippen MR) is 200 cm³/mol. The lowest BCUT2D eigenvalue weighted by Crippen LogP contribution is -2.48. The topological polar surface area (TPSA) is 117 Å². The monoisotopic (exact) mass is 704 g/mol. The molecule has 0 saturated heterocycles. The van der Waals surface area contributed by atoms with Crippen LogP contribution in [0.2, 0.25) is 0 Å². The highest BCUT2D eigenvalue weighted by molar-refractivity contribution is 7.16. The number of benzene rings is 4. The van der Waals surface area contributed by atoms with Crippen LogP contribution < -0.4 is 29.9 Å². The molecule has 10 nitrogen and oxygen atoms in total. The molecule has 0 aliphatic carbocycles. The molecule has 0 aliphatic rings. The molecule has 262 valence electrons. The Morgan fingerprint density at radius 3 is 1.24 bits per heavy atom. The normalized spacial score (nSPS) is 11.8. The maximum Gasteiger partial charge on any atom is 0.262 e. The summed E-state index contributed by atoms with van der Waals surface area (Å²) in [7, 11) is 6.45. The third-order valence-corrected chi connectivity index (χ3v) is 9.49. The maximum absolute atomic E-state index is 13.8. The molecule has 4 aromatic carbocycles. The Bertz CT molecular complexity index is 1790. The third kappa shape index (κ3) is 9.40. The summed E-state index contributed by atoms with van der Waals surface area (Å²) < 4.78 is 10.5. The molecule has 5 aromatic rings. The van der Waals surface area contributed by atoms with E-state index >= 15 is 0 Å². The highest BCUT2D eigenvalue weighted by Crippen LogP contribution is 2.23. The zero-order chi connectivity index (χ0) is 36.3. The first-order valence-electron chi connectivity index (χ1n) is 16.3. The number of anilines is 2. The van der Waals surface area contributed by atoms with Crippen molar-refractivity contribution in [2.24, 2.45) is 0 Å². The van der Waals surface area contributed by atoms with E-state index in [4.69, 9.17) is 9.47 Å². The van der Waals surface area contributed by atoms with E-state index in [1.807, 2.05) is 60.7 Å². The molecule has 0 bridgehead atoms. The molecule has 0 fully saturated rings. The number of amides is 4. The van der Waals surface area contributed by atoms with Crippen molar-refractivity contribution in [2.45, 2.75) is 24.9 Å². The number of carbonyl (C=O) groups excluding carboxylic acids is 4. The number of methoxy groups -OCH3 is 2. The van der Waals surface area contributed by atoms with E-state index < -0.39 is 23.9 Å². The van der Waals surface area contributed by atoms with Crippen LogP contribution in [0.3, 0.4) is 0 Å². The van der Waals surface area contributed by atoms with Gasteiger partial charge in [0.15, 0.2) is 0 Å². The van der Waals surface area contributed by atoms with Crippen LogP contribution in [0, 0.1) is 0 Å². The number of carbonyl (C=O) groups is 4. The summed E-state index contributed by atoms with van der Waals surface area (Å²) in [5.74, 6) is -0.289. The van der Waals surface area contributed by atoms with Crippen molar-refractivity contribution in [1.29, 1.82) is 0 Å². The van der Waals surface area contributed by atoms with E-state index in [9.17, 15) is 19.2 Å². The van der Waals surface area contributed by atoms with Crippen LogP contribution in [-0.4, -0.2) is 64.0 Å². The summed E-state index contributed by atoms with van der Waals surface area (Å²) in [5, 5.41) is 5.79. The second kappa shape index (κ2) is 17.1. The average molecular weight is 705 g/mol. The minimum atomic E-state index is -0.896. The van der Waals surface area contributed by atoms with E-state index in [-0.39, 0.29) is 34.4 Å². The van der Waals surface area contributed by atoms with Gasteiger partial charge in [-0.1, -0.05) is 60.7 Å². The second-order valence-electron chi connectivity index (χ2n) is 11.8. The molecule has 5 rings (SSSR count). The fourth-order valence-electron chi connectivity index (χ4n) is 5.47. The zero-order valence-electron chi connectivity index (χ0n) is 28.9. The van der Waals surface area contributed by atoms with Crippen LogP contribution in [0.25, 0.3) is 0 Å². The Balaban J connectivity index is 1.32. The zero-order valence-corrected chi connectivity index (χ0v) is 29.7. The largest absolute Gasteiger partial charge is 0.497 e. The Labute approximate surface area is 301 Å². The molecule has 0 aliphatic heterocycles. The van der Waals surface area contributed by atoms with Crippen molar-refractivity contribution >= 4 is 46.3 Å². The first-order valence-corrected chi connectivity index (χ1v) is 17.1. The van der Waals surface area contributed by atoms with Crippen molar-refractivity contribution in [3.8, 4) is 11.5 Å². The SMILES string of the molecule is COc1ccc(N(C)C(=O)[C@H](Cc2ccccc2)NC(=O)c2ccc(C(=O)N[C@@H](Cc3ccccc3)C(=O)N(C)c3ccc(OC)cc3)s2)cc1. The maximum atomic E-state index is 13.8. The van der Waals surface area contributed by atoms with Gasteiger partial charge in [-0.05, 0) is 71.8 Å². The lowest BCUT2D eigenvalue weighted by molar-refractivity contribution is -0.120. The molecule has 11 heteroatoms. The van der Waals surface area contributed by atoms with Gasteiger partial charge in [0, 0.05) is 38.3 Å². The van der Waals surface area contributed by atoms with Crippen LogP contribution in [0.5, 0.6) is 11.5 Å². The van der Waals surface area contributed by atoms with Gasteiger partial charge in [0.1, 0.15) is 23.6 Å². The van der Waals surface area contributed by atoms with Crippen molar-refractivity contribution in [3.05, 3.63) is 142 Å². The molecule has 0 saturated carbocycles. The lowest BCUT2D eigenvalue weighted by atomic mass is 10.0. The Morgan fingerprint density at radius 2 is 0.902 bits per heavy atom. The highest BCUT2D eigenvalue weighted by atomic mass is 32.1. The van der Waals surface area contributed by atoms with Gasteiger partial charge in [0.05, 0.1) is 24.0 Å². The highest BCUT2D eigenvalue weighted by Gasteiger charge is 2.29. The van der Waals surface area contributed by atoms with Crippen molar-refractivity contribution in [1.82, 2.24) is 10.6 Å². The van der Waals surface area contributed by atoms with E-state index in [2.05, 4.69) is 10.6 Å². The van der Waals surface area contributed by atoms with E-state index in [0.29, 0.717) is 22.9 Å². The van der Waals surface area contributed by atoms with Gasteiger partial charge in [-0.2, -0.15) is 0 Å². The number of ether oxygens (including phenoxy) is 2. The third-order valence-electron chi connectivity index (χ3n) is 8.41. The van der Waals surface area contributed by atoms with Crippen LogP contribution >= 0.6 is 11.3 Å². The summed E-state index contributed by atoms with van der Waals surface area (Å²) >= 11 is 0.985. The summed E-state index contributed by atoms with van der Waals surface area (Å²) in [6, 6.07) is 34.3. The number of thiophene rings is 1. The lowest BCUT2D eigenvalue weighted by Gasteiger charge is -2.25. The minimum Gasteiger partial charge on any atom is -0.497 e. The predicted octanol–water partition coefficient (Wildman–Crippen LogP) is 5.77. The van der Waals surface area contributed by atoms with E-state index in [0.717, 1.165) is 22.5 Å². The Morgan fingerprint density at radius 1 is 0.549 bits per heavy atom. The number of nitrogens with zero attached hydrogens (tertiary/aromatic N) is 2. The quantitative estimate of drug-likeness (QED) is 0.152. The summed E-state index contributed by atoms with van der Waals surface area (Å²) in [6.45, 7) is 0. The van der Waals surface area contributed by atoms with Gasteiger partial charge in [-0.3, -0.25) is 19.2 Å². The van der Waals surface area contributed by atoms with Crippen LogP contribution in [0.1, 0.15) is 30.5 Å². The van der Waals surface area contributed by atoms with Gasteiger partial charge < -0.3 is 29.9 Å². The van der Waals surface area contributed by atoms with Gasteiger partial charge in [0.2, 0.25) is 11.8 Å². The molecular formula is C40H40N4O6S. The number of hydrogen-bond donors (Lipinski definition) is 2. The van der Waals surface area contributed by atoms with Crippen molar-refractivity contribution in [2.75, 3.05) is 38.1 Å². The van der Waals surface area contributed by atoms with E-state index in [1.165, 1.54) is 9.80 Å². The molecule has 51 heavy (non-hydrogen) atoms. The fourth-order valence-corrected chi connectivity index (χ4v) is 6.29.